The van der Waals surface area contributed by atoms with E-state index >= 15 is 0 Å². The average molecular weight is 339 g/mol. The molecule has 106 valence electrons. The van der Waals surface area contributed by atoms with Crippen molar-refractivity contribution in [2.24, 2.45) is 0 Å². The van der Waals surface area contributed by atoms with E-state index in [0.717, 1.165) is 19.3 Å². The zero-order valence-electron chi connectivity index (χ0n) is 12.3. The summed E-state index contributed by atoms with van der Waals surface area (Å²) >= 11 is 3.67. The molecular weight excluding hydrogens is 320 g/mol. The van der Waals surface area contributed by atoms with Crippen LogP contribution in [0.15, 0.2) is 81.9 Å². The molecule has 0 saturated heterocycles. The fraction of sp³-hybridized carbons (Fsp3) is 0.200. The Balaban J connectivity index is 1.82. The molecule has 0 amide bonds. The van der Waals surface area contributed by atoms with Gasteiger partial charge in [-0.3, -0.25) is 0 Å². The summed E-state index contributed by atoms with van der Waals surface area (Å²) in [7, 11) is 0. The smallest absolute Gasteiger partial charge is 0.0210 e. The van der Waals surface area contributed by atoms with Crippen LogP contribution in [-0.2, 0) is 12.8 Å². The summed E-state index contributed by atoms with van der Waals surface area (Å²) in [5, 5.41) is 0. The van der Waals surface area contributed by atoms with Gasteiger partial charge in [0.25, 0.3) is 0 Å². The second-order valence-corrected chi connectivity index (χ2v) is 6.31. The van der Waals surface area contributed by atoms with Gasteiger partial charge in [0.15, 0.2) is 0 Å². The summed E-state index contributed by atoms with van der Waals surface area (Å²) in [6.07, 6.45) is 18.6. The van der Waals surface area contributed by atoms with Crippen molar-refractivity contribution < 1.29 is 0 Å². The first-order chi connectivity index (χ1) is 10.3. The number of hydrogen-bond donors (Lipinski definition) is 0. The van der Waals surface area contributed by atoms with E-state index in [1.54, 1.807) is 0 Å². The second-order valence-electron chi connectivity index (χ2n) is 5.46. The van der Waals surface area contributed by atoms with E-state index in [-0.39, 0.29) is 0 Å². The first-order valence-electron chi connectivity index (χ1n) is 7.49. The van der Waals surface area contributed by atoms with Crippen molar-refractivity contribution >= 4 is 15.9 Å². The van der Waals surface area contributed by atoms with Gasteiger partial charge in [0, 0.05) is 4.47 Å². The molecular formula is C20H19Br. The number of allylic oxidation sites excluding steroid dienone is 10. The van der Waals surface area contributed by atoms with E-state index in [2.05, 4.69) is 83.6 Å². The van der Waals surface area contributed by atoms with Crippen LogP contribution < -0.4 is 0 Å². The molecule has 0 radical (unpaired) electrons. The number of benzene rings is 1. The zero-order chi connectivity index (χ0) is 14.7. The Morgan fingerprint density at radius 1 is 1.10 bits per heavy atom. The van der Waals surface area contributed by atoms with E-state index in [4.69, 9.17) is 0 Å². The van der Waals surface area contributed by atoms with Crippen LogP contribution in [0.25, 0.3) is 0 Å². The molecule has 3 rings (SSSR count). The molecule has 0 saturated carbocycles. The Bertz CT molecular complexity index is 697. The Morgan fingerprint density at radius 3 is 2.81 bits per heavy atom. The summed E-state index contributed by atoms with van der Waals surface area (Å²) < 4.78 is 1.23. The molecule has 0 fully saturated rings. The van der Waals surface area contributed by atoms with Crippen molar-refractivity contribution in [2.45, 2.75) is 26.2 Å². The summed E-state index contributed by atoms with van der Waals surface area (Å²) in [5.74, 6) is 0. The van der Waals surface area contributed by atoms with Crippen LogP contribution in [0.1, 0.15) is 24.5 Å². The van der Waals surface area contributed by atoms with Crippen molar-refractivity contribution in [2.75, 3.05) is 0 Å². The third kappa shape index (κ3) is 3.36. The minimum atomic E-state index is 0.991. The average Bonchev–Trinajstić information content (AvgIpc) is 2.80. The van der Waals surface area contributed by atoms with Crippen molar-refractivity contribution in [3.05, 3.63) is 93.1 Å². The first kappa shape index (κ1) is 14.3. The lowest BCUT2D eigenvalue weighted by Gasteiger charge is -2.05. The number of fused-ring (bicyclic) bond motifs is 1. The quantitative estimate of drug-likeness (QED) is 0.647. The highest BCUT2D eigenvalue weighted by atomic mass is 79.9. The van der Waals surface area contributed by atoms with Gasteiger partial charge >= 0.3 is 0 Å². The summed E-state index contributed by atoms with van der Waals surface area (Å²) in [6.45, 7) is 2.19. The largest absolute Gasteiger partial charge is 0.0807 e. The topological polar surface area (TPSA) is 0 Å². The SMILES string of the molecule is CCc1ccc(CC2=C/C3=C/C/C=C\C=C/C3=C2)cc1Br. The van der Waals surface area contributed by atoms with E-state index in [1.807, 2.05) is 0 Å². The van der Waals surface area contributed by atoms with Gasteiger partial charge in [0.1, 0.15) is 0 Å². The zero-order valence-corrected chi connectivity index (χ0v) is 13.9. The molecule has 0 aromatic heterocycles. The molecule has 0 nitrogen and oxygen atoms in total. The number of aryl methyl sites for hydroxylation is 1. The Kier molecular flexibility index (Phi) is 4.40. The van der Waals surface area contributed by atoms with Crippen LogP contribution in [0.4, 0.5) is 0 Å². The van der Waals surface area contributed by atoms with Crippen LogP contribution >= 0.6 is 15.9 Å². The fourth-order valence-corrected chi connectivity index (χ4v) is 3.47. The standard InChI is InChI=1S/C20H19Br/c1-2-17-10-9-15(14-20(17)21)11-16-12-18-7-5-3-4-6-8-19(18)13-16/h3-5,7-10,12-14H,2,6,11H2,1H3/b4-3-,7-5-,19-8-. The van der Waals surface area contributed by atoms with E-state index in [9.17, 15) is 0 Å². The van der Waals surface area contributed by atoms with Crippen LogP contribution in [0.5, 0.6) is 0 Å². The summed E-state index contributed by atoms with van der Waals surface area (Å²) in [4.78, 5) is 0. The lowest BCUT2D eigenvalue weighted by Crippen LogP contribution is -1.90. The van der Waals surface area contributed by atoms with Gasteiger partial charge < -0.3 is 0 Å². The molecule has 1 aromatic rings. The lowest BCUT2D eigenvalue weighted by atomic mass is 10.0. The van der Waals surface area contributed by atoms with Crippen molar-refractivity contribution in [3.63, 3.8) is 0 Å². The highest BCUT2D eigenvalue weighted by molar-refractivity contribution is 9.10. The van der Waals surface area contributed by atoms with Crippen LogP contribution in [0.3, 0.4) is 0 Å². The minimum absolute atomic E-state index is 0.991. The van der Waals surface area contributed by atoms with Gasteiger partial charge in [-0.2, -0.15) is 0 Å². The molecule has 1 aromatic carbocycles. The Morgan fingerprint density at radius 2 is 2.00 bits per heavy atom. The normalized spacial score (nSPS) is 22.3. The highest BCUT2D eigenvalue weighted by Crippen LogP contribution is 2.29. The predicted molar refractivity (Wildman–Crippen MR) is 94.4 cm³/mol. The molecule has 0 aliphatic heterocycles. The van der Waals surface area contributed by atoms with Crippen LogP contribution in [-0.4, -0.2) is 0 Å². The number of hydrogen-bond acceptors (Lipinski definition) is 0. The van der Waals surface area contributed by atoms with Gasteiger partial charge in [-0.25, -0.2) is 0 Å². The molecule has 21 heavy (non-hydrogen) atoms. The molecule has 0 N–H and O–H groups in total. The minimum Gasteiger partial charge on any atom is -0.0807 e. The first-order valence-corrected chi connectivity index (χ1v) is 8.29. The monoisotopic (exact) mass is 338 g/mol. The molecule has 0 bridgehead atoms. The lowest BCUT2D eigenvalue weighted by molar-refractivity contribution is 1.11. The Labute approximate surface area is 135 Å². The van der Waals surface area contributed by atoms with E-state index in [0.29, 0.717) is 0 Å². The highest BCUT2D eigenvalue weighted by Gasteiger charge is 2.11. The second kappa shape index (κ2) is 6.44. The molecule has 0 heterocycles. The van der Waals surface area contributed by atoms with Crippen molar-refractivity contribution in [3.8, 4) is 0 Å². The summed E-state index contributed by atoms with van der Waals surface area (Å²) in [5.41, 5.74) is 6.81. The molecule has 0 spiro atoms. The Hall–Kier alpha value is -1.60. The van der Waals surface area contributed by atoms with Gasteiger partial charge in [0.2, 0.25) is 0 Å². The maximum atomic E-state index is 3.67. The van der Waals surface area contributed by atoms with Crippen LogP contribution in [0.2, 0.25) is 0 Å². The summed E-state index contributed by atoms with van der Waals surface area (Å²) in [6, 6.07) is 6.73. The van der Waals surface area contributed by atoms with E-state index < -0.39 is 0 Å². The molecule has 0 atom stereocenters. The maximum Gasteiger partial charge on any atom is 0.0210 e. The number of rotatable bonds is 3. The predicted octanol–water partition coefficient (Wildman–Crippen LogP) is 5.86. The van der Waals surface area contributed by atoms with Crippen LogP contribution in [0, 0.1) is 0 Å². The van der Waals surface area contributed by atoms with Gasteiger partial charge in [-0.15, -0.1) is 0 Å². The van der Waals surface area contributed by atoms with Crippen molar-refractivity contribution in [1.82, 2.24) is 0 Å². The third-order valence-electron chi connectivity index (χ3n) is 3.92. The fourth-order valence-electron chi connectivity index (χ4n) is 2.77. The molecule has 0 unspecified atom stereocenters. The van der Waals surface area contributed by atoms with Gasteiger partial charge in [-0.05, 0) is 53.2 Å². The molecule has 1 heteroatoms. The third-order valence-corrected chi connectivity index (χ3v) is 4.66. The van der Waals surface area contributed by atoms with Crippen molar-refractivity contribution in [1.29, 1.82) is 0 Å². The molecule has 2 aliphatic carbocycles. The maximum absolute atomic E-state index is 3.67. The van der Waals surface area contributed by atoms with Gasteiger partial charge in [0.05, 0.1) is 0 Å². The number of halogens is 1. The molecule has 2 aliphatic rings. The van der Waals surface area contributed by atoms with Gasteiger partial charge in [-0.1, -0.05) is 77.5 Å². The van der Waals surface area contributed by atoms with E-state index in [1.165, 1.54) is 32.3 Å².